The molecule has 0 unspecified atom stereocenters. The summed E-state index contributed by atoms with van der Waals surface area (Å²) in [6, 6.07) is 5.49. The zero-order valence-corrected chi connectivity index (χ0v) is 16.9. The monoisotopic (exact) mass is 451 g/mol. The van der Waals surface area contributed by atoms with Crippen molar-refractivity contribution in [2.75, 3.05) is 6.26 Å². The van der Waals surface area contributed by atoms with Crippen LogP contribution >= 0.6 is 27.3 Å². The zero-order chi connectivity index (χ0) is 18.9. The highest BCUT2D eigenvalue weighted by atomic mass is 79.9. The average Bonchev–Trinajstić information content (AvgIpc) is 2.98. The van der Waals surface area contributed by atoms with Gasteiger partial charge in [-0.2, -0.15) is 4.40 Å². The fourth-order valence-electron chi connectivity index (χ4n) is 2.62. The number of thiophene rings is 1. The van der Waals surface area contributed by atoms with Crippen molar-refractivity contribution in [1.82, 2.24) is 4.98 Å². The SMILES string of the molecule is CS(=O)(=O)N=C1C=C(c2c(-c3ccccn3)csc2C(N)=O)C=C(Br)C1. The smallest absolute Gasteiger partial charge is 0.259 e. The standard InChI is InChI=1S/C17H14BrN3O3S2/c1-26(23,24)21-12-7-10(6-11(18)8-12)15-13(9-25-16(15)17(19)22)14-4-2-3-5-20-14/h2-7,9H,8H2,1H3,(H2,19,22). The summed E-state index contributed by atoms with van der Waals surface area (Å²) >= 11 is 4.65. The molecule has 0 aromatic carbocycles. The summed E-state index contributed by atoms with van der Waals surface area (Å²) in [5.41, 5.74) is 8.66. The summed E-state index contributed by atoms with van der Waals surface area (Å²) in [5, 5.41) is 1.82. The third-order valence-electron chi connectivity index (χ3n) is 3.51. The number of hydrogen-bond acceptors (Lipinski definition) is 5. The zero-order valence-electron chi connectivity index (χ0n) is 13.6. The molecule has 0 aliphatic heterocycles. The second-order valence-electron chi connectivity index (χ2n) is 5.62. The van der Waals surface area contributed by atoms with Crippen LogP contribution in [0.15, 0.2) is 50.8 Å². The van der Waals surface area contributed by atoms with Gasteiger partial charge in [0.15, 0.2) is 0 Å². The van der Waals surface area contributed by atoms with E-state index in [1.807, 2.05) is 23.6 Å². The number of rotatable bonds is 4. The van der Waals surface area contributed by atoms with E-state index in [1.165, 1.54) is 11.3 Å². The highest BCUT2D eigenvalue weighted by Gasteiger charge is 2.23. The molecule has 26 heavy (non-hydrogen) atoms. The molecule has 0 radical (unpaired) electrons. The van der Waals surface area contributed by atoms with E-state index in [0.717, 1.165) is 16.3 Å². The van der Waals surface area contributed by atoms with Gasteiger partial charge in [-0.25, -0.2) is 8.42 Å². The second kappa shape index (κ2) is 7.26. The predicted octanol–water partition coefficient (Wildman–Crippen LogP) is 3.38. The van der Waals surface area contributed by atoms with Gasteiger partial charge in [0.05, 0.1) is 17.7 Å². The maximum atomic E-state index is 11.9. The van der Waals surface area contributed by atoms with Gasteiger partial charge in [-0.15, -0.1) is 11.3 Å². The second-order valence-corrected chi connectivity index (χ2v) is 9.16. The predicted molar refractivity (Wildman–Crippen MR) is 108 cm³/mol. The first kappa shape index (κ1) is 18.7. The molecule has 3 rings (SSSR count). The molecule has 9 heteroatoms. The van der Waals surface area contributed by atoms with E-state index < -0.39 is 15.9 Å². The number of pyridine rings is 1. The molecule has 0 bridgehead atoms. The van der Waals surface area contributed by atoms with Gasteiger partial charge in [-0.05, 0) is 29.9 Å². The number of carbonyl (C=O) groups is 1. The lowest BCUT2D eigenvalue weighted by Crippen LogP contribution is -2.12. The van der Waals surface area contributed by atoms with Gasteiger partial charge in [0.25, 0.3) is 5.91 Å². The molecule has 0 saturated carbocycles. The van der Waals surface area contributed by atoms with Gasteiger partial charge >= 0.3 is 0 Å². The number of aromatic nitrogens is 1. The van der Waals surface area contributed by atoms with Crippen LogP contribution in [0.5, 0.6) is 0 Å². The van der Waals surface area contributed by atoms with Crippen LogP contribution in [0.2, 0.25) is 0 Å². The molecule has 2 heterocycles. The van der Waals surface area contributed by atoms with Crippen LogP contribution in [0.1, 0.15) is 21.7 Å². The molecule has 2 aromatic rings. The van der Waals surface area contributed by atoms with Gasteiger partial charge in [-0.3, -0.25) is 9.78 Å². The lowest BCUT2D eigenvalue weighted by molar-refractivity contribution is 0.100. The molecule has 0 saturated heterocycles. The van der Waals surface area contributed by atoms with Crippen molar-refractivity contribution >= 4 is 54.5 Å². The summed E-state index contributed by atoms with van der Waals surface area (Å²) in [6.45, 7) is 0. The minimum Gasteiger partial charge on any atom is -0.365 e. The summed E-state index contributed by atoms with van der Waals surface area (Å²) in [6.07, 6.45) is 6.55. The highest BCUT2D eigenvalue weighted by molar-refractivity contribution is 9.11. The topological polar surface area (TPSA) is 102 Å². The van der Waals surface area contributed by atoms with Crippen molar-refractivity contribution in [1.29, 1.82) is 0 Å². The van der Waals surface area contributed by atoms with E-state index in [9.17, 15) is 13.2 Å². The third-order valence-corrected chi connectivity index (χ3v) is 5.58. The first-order chi connectivity index (χ1) is 12.2. The lowest BCUT2D eigenvalue weighted by atomic mass is 9.94. The van der Waals surface area contributed by atoms with Gasteiger partial charge in [0.2, 0.25) is 10.0 Å². The number of nitrogens with two attached hydrogens (primary N) is 1. The van der Waals surface area contributed by atoms with Crippen molar-refractivity contribution in [3.63, 3.8) is 0 Å². The van der Waals surface area contributed by atoms with Crippen molar-refractivity contribution in [3.05, 3.63) is 56.9 Å². The quantitative estimate of drug-likeness (QED) is 0.768. The Kier molecular flexibility index (Phi) is 5.22. The number of sulfonamides is 1. The lowest BCUT2D eigenvalue weighted by Gasteiger charge is -2.14. The Morgan fingerprint density at radius 2 is 2.12 bits per heavy atom. The Labute approximate surface area is 163 Å². The molecular formula is C17H14BrN3O3S2. The molecule has 2 N–H and O–H groups in total. The molecule has 0 spiro atoms. The summed E-state index contributed by atoms with van der Waals surface area (Å²) in [4.78, 5) is 16.7. The van der Waals surface area contributed by atoms with Crippen LogP contribution in [0, 0.1) is 0 Å². The fourth-order valence-corrected chi connectivity index (χ4v) is 4.63. The van der Waals surface area contributed by atoms with Crippen LogP contribution in [0.3, 0.4) is 0 Å². The Bertz CT molecular complexity index is 1070. The Morgan fingerprint density at radius 3 is 2.73 bits per heavy atom. The summed E-state index contributed by atoms with van der Waals surface area (Å²) < 4.78 is 27.6. The van der Waals surface area contributed by atoms with Crippen molar-refractivity contribution in [3.8, 4) is 11.3 Å². The van der Waals surface area contributed by atoms with Crippen molar-refractivity contribution < 1.29 is 13.2 Å². The van der Waals surface area contributed by atoms with Gasteiger partial charge in [0.1, 0.15) is 4.88 Å². The summed E-state index contributed by atoms with van der Waals surface area (Å²) in [5.74, 6) is -0.551. The molecular weight excluding hydrogens is 438 g/mol. The third kappa shape index (κ3) is 4.17. The van der Waals surface area contributed by atoms with E-state index in [1.54, 1.807) is 18.3 Å². The largest absolute Gasteiger partial charge is 0.365 e. The maximum Gasteiger partial charge on any atom is 0.259 e. The van der Waals surface area contributed by atoms with E-state index in [-0.39, 0.29) is 0 Å². The van der Waals surface area contributed by atoms with E-state index >= 15 is 0 Å². The van der Waals surface area contributed by atoms with Gasteiger partial charge < -0.3 is 5.73 Å². The Balaban J connectivity index is 2.23. The molecule has 0 fully saturated rings. The number of allylic oxidation sites excluding steroid dienone is 4. The fraction of sp³-hybridized carbons (Fsp3) is 0.118. The van der Waals surface area contributed by atoms with Crippen LogP contribution in [0.25, 0.3) is 16.8 Å². The average molecular weight is 452 g/mol. The van der Waals surface area contributed by atoms with Crippen molar-refractivity contribution in [2.45, 2.75) is 6.42 Å². The number of amides is 1. The van der Waals surface area contributed by atoms with E-state index in [2.05, 4.69) is 25.3 Å². The number of halogens is 1. The number of hydrogen-bond donors (Lipinski definition) is 1. The van der Waals surface area contributed by atoms with E-state index in [4.69, 9.17) is 5.73 Å². The first-order valence-corrected chi connectivity index (χ1v) is 11.0. The molecule has 1 aliphatic rings. The van der Waals surface area contributed by atoms with Gasteiger partial charge in [0, 0.05) is 33.6 Å². The number of nitrogens with zero attached hydrogens (tertiary/aromatic N) is 2. The highest BCUT2D eigenvalue weighted by Crippen LogP contribution is 2.38. The maximum absolute atomic E-state index is 11.9. The first-order valence-electron chi connectivity index (χ1n) is 7.44. The number of primary amides is 1. The number of carbonyl (C=O) groups excluding carboxylic acids is 1. The minimum absolute atomic E-state index is 0.353. The molecule has 1 amide bonds. The van der Waals surface area contributed by atoms with Crippen LogP contribution in [0.4, 0.5) is 0 Å². The Hall–Kier alpha value is -2.10. The van der Waals surface area contributed by atoms with Crippen LogP contribution in [-0.2, 0) is 10.0 Å². The molecule has 0 atom stereocenters. The van der Waals surface area contributed by atoms with Gasteiger partial charge in [-0.1, -0.05) is 22.0 Å². The molecule has 134 valence electrons. The van der Waals surface area contributed by atoms with Crippen LogP contribution < -0.4 is 5.73 Å². The molecule has 6 nitrogen and oxygen atoms in total. The van der Waals surface area contributed by atoms with Crippen LogP contribution in [-0.4, -0.2) is 31.3 Å². The molecule has 1 aliphatic carbocycles. The summed E-state index contributed by atoms with van der Waals surface area (Å²) in [7, 11) is -3.53. The normalized spacial score (nSPS) is 16.3. The Morgan fingerprint density at radius 1 is 1.35 bits per heavy atom. The van der Waals surface area contributed by atoms with Crippen molar-refractivity contribution in [2.24, 2.45) is 10.1 Å². The minimum atomic E-state index is -3.53. The molecule has 2 aromatic heterocycles. The van der Waals surface area contributed by atoms with E-state index in [0.29, 0.717) is 33.8 Å².